The van der Waals surface area contributed by atoms with Crippen LogP contribution in [0.5, 0.6) is 0 Å². The van der Waals surface area contributed by atoms with Gasteiger partial charge in [-0.25, -0.2) is 0 Å². The minimum absolute atomic E-state index is 0.197. The van der Waals surface area contributed by atoms with Crippen LogP contribution >= 0.6 is 0 Å². The smallest absolute Gasteiger partial charge is 0.149 e. The third kappa shape index (κ3) is 3.34. The van der Waals surface area contributed by atoms with Gasteiger partial charge in [-0.2, -0.15) is 5.26 Å². The van der Waals surface area contributed by atoms with E-state index in [1.165, 1.54) is 6.92 Å². The second-order valence-corrected chi connectivity index (χ2v) is 11.9. The van der Waals surface area contributed by atoms with Crippen LogP contribution in [0.15, 0.2) is 0 Å². The van der Waals surface area contributed by atoms with E-state index in [1.807, 2.05) is 6.07 Å². The zero-order chi connectivity index (χ0) is 21.9. The Morgan fingerprint density at radius 1 is 1.20 bits per heavy atom. The van der Waals surface area contributed by atoms with E-state index in [2.05, 4.69) is 13.8 Å². The maximum atomic E-state index is 13.4. The van der Waals surface area contributed by atoms with Gasteiger partial charge in [0.2, 0.25) is 0 Å². The van der Waals surface area contributed by atoms with Gasteiger partial charge in [0.05, 0.1) is 18.3 Å². The van der Waals surface area contributed by atoms with Crippen molar-refractivity contribution in [3.63, 3.8) is 0 Å². The number of hydrogen-bond donors (Lipinski definition) is 2. The molecule has 2 unspecified atom stereocenters. The number of Topliss-reactive ketones (excluding diaryl/α,β-unsaturated/α-hetero) is 1. The van der Waals surface area contributed by atoms with E-state index in [0.29, 0.717) is 30.3 Å². The molecule has 0 aromatic heterocycles. The van der Waals surface area contributed by atoms with Crippen LogP contribution in [0.1, 0.15) is 78.6 Å². The number of carbonyl (C=O) groups excluding carboxylic acids is 1. The summed E-state index contributed by atoms with van der Waals surface area (Å²) in [5, 5.41) is 30.5. The molecule has 0 spiro atoms. The Morgan fingerprint density at radius 3 is 2.60 bits per heavy atom. The summed E-state index contributed by atoms with van der Waals surface area (Å²) in [6.45, 7) is 6.55. The third-order valence-electron chi connectivity index (χ3n) is 9.98. The number of fused-ring (bicyclic) bond motifs is 5. The van der Waals surface area contributed by atoms with Crippen LogP contribution in [0.2, 0.25) is 0 Å². The first-order valence-corrected chi connectivity index (χ1v) is 11.9. The predicted molar refractivity (Wildman–Crippen MR) is 113 cm³/mol. The van der Waals surface area contributed by atoms with Crippen molar-refractivity contribution in [3.05, 3.63) is 0 Å². The molecule has 30 heavy (non-hydrogen) atoms. The Balaban J connectivity index is 1.55. The van der Waals surface area contributed by atoms with E-state index in [4.69, 9.17) is 4.74 Å². The lowest BCUT2D eigenvalue weighted by atomic mass is 9.44. The summed E-state index contributed by atoms with van der Waals surface area (Å²) in [5.74, 6) is 2.11. The first-order chi connectivity index (χ1) is 14.0. The molecule has 0 bridgehead atoms. The van der Waals surface area contributed by atoms with Gasteiger partial charge in [0.1, 0.15) is 11.4 Å². The summed E-state index contributed by atoms with van der Waals surface area (Å²) in [4.78, 5) is 13.4. The van der Waals surface area contributed by atoms with E-state index in [-0.39, 0.29) is 29.0 Å². The van der Waals surface area contributed by atoms with E-state index in [1.54, 1.807) is 7.11 Å². The van der Waals surface area contributed by atoms with Crippen molar-refractivity contribution in [3.8, 4) is 6.07 Å². The molecule has 168 valence electrons. The third-order valence-corrected chi connectivity index (χ3v) is 9.98. The molecule has 5 heteroatoms. The summed E-state index contributed by atoms with van der Waals surface area (Å²) >= 11 is 0. The maximum absolute atomic E-state index is 13.4. The Labute approximate surface area is 181 Å². The zero-order valence-electron chi connectivity index (χ0n) is 19.1. The van der Waals surface area contributed by atoms with Crippen LogP contribution in [0.3, 0.4) is 0 Å². The van der Waals surface area contributed by atoms with Crippen molar-refractivity contribution in [1.82, 2.24) is 0 Å². The van der Waals surface area contributed by atoms with Gasteiger partial charge in [0.15, 0.2) is 0 Å². The van der Waals surface area contributed by atoms with Crippen LogP contribution in [0.25, 0.3) is 0 Å². The molecule has 2 N–H and O–H groups in total. The van der Waals surface area contributed by atoms with Crippen LogP contribution in [0.4, 0.5) is 0 Å². The van der Waals surface area contributed by atoms with Gasteiger partial charge < -0.3 is 14.9 Å². The maximum Gasteiger partial charge on any atom is 0.149 e. The molecule has 4 rings (SSSR count). The van der Waals surface area contributed by atoms with Gasteiger partial charge in [-0.1, -0.05) is 13.8 Å². The average Bonchev–Trinajstić information content (AvgIpc) is 2.93. The van der Waals surface area contributed by atoms with Crippen LogP contribution in [0, 0.1) is 51.8 Å². The number of nitriles is 1. The molecule has 0 aromatic carbocycles. The van der Waals surface area contributed by atoms with Crippen molar-refractivity contribution >= 4 is 5.78 Å². The Hall–Kier alpha value is -0.960. The normalized spacial score (nSPS) is 50.0. The largest absolute Gasteiger partial charge is 0.387 e. The van der Waals surface area contributed by atoms with E-state index in [0.717, 1.165) is 51.4 Å². The van der Waals surface area contributed by atoms with Crippen molar-refractivity contribution < 1.29 is 19.7 Å². The molecular formula is C25H39NO4. The lowest BCUT2D eigenvalue weighted by molar-refractivity contribution is -0.163. The second kappa shape index (κ2) is 7.29. The van der Waals surface area contributed by atoms with Crippen LogP contribution < -0.4 is 0 Å². The summed E-state index contributed by atoms with van der Waals surface area (Å²) in [5.41, 5.74) is -2.19. The Bertz CT molecular complexity index is 744. The summed E-state index contributed by atoms with van der Waals surface area (Å²) in [6.07, 6.45) is 7.99. The first-order valence-electron chi connectivity index (χ1n) is 11.9. The van der Waals surface area contributed by atoms with Gasteiger partial charge in [-0.15, -0.1) is 0 Å². The highest BCUT2D eigenvalue weighted by Gasteiger charge is 2.63. The molecule has 4 aliphatic rings. The molecule has 4 fully saturated rings. The Morgan fingerprint density at radius 2 is 1.93 bits per heavy atom. The number of rotatable bonds is 4. The SMILES string of the molecule is COC[C@@]1(O)CC[C@@]2(C)[C@H](CC[C@@H]3[C@@H]2CC[C@]2(C)C(=O)C(CC(C)(O)C#N)C[C@@H]32)C1. The molecule has 0 aliphatic heterocycles. The average molecular weight is 418 g/mol. The van der Waals surface area contributed by atoms with E-state index in [9.17, 15) is 20.3 Å². The van der Waals surface area contributed by atoms with Crippen molar-refractivity contribution in [1.29, 1.82) is 5.26 Å². The Kier molecular flexibility index (Phi) is 5.40. The highest BCUT2D eigenvalue weighted by atomic mass is 16.5. The standard InChI is InChI=1S/C25H39NO4/c1-22(28,14-26)12-16-11-20-18-6-5-17-13-25(29,15-30-4)10-9-23(17,2)19(18)7-8-24(20,3)21(16)27/h16-20,28-29H,5-13,15H2,1-4H3/t16?,17-,18-,19+,20+,22?,23+,24+,25-/m1/s1. The minimum Gasteiger partial charge on any atom is -0.387 e. The summed E-state index contributed by atoms with van der Waals surface area (Å²) < 4.78 is 5.32. The molecule has 4 aliphatic carbocycles. The highest BCUT2D eigenvalue weighted by molar-refractivity contribution is 5.89. The van der Waals surface area contributed by atoms with Crippen molar-refractivity contribution in [2.24, 2.45) is 40.4 Å². The molecular weight excluding hydrogens is 378 g/mol. The quantitative estimate of drug-likeness (QED) is 0.678. The number of methoxy groups -OCH3 is 1. The van der Waals surface area contributed by atoms with Gasteiger partial charge in [-0.3, -0.25) is 4.79 Å². The summed E-state index contributed by atoms with van der Waals surface area (Å²) in [6, 6.07) is 1.97. The lowest BCUT2D eigenvalue weighted by Gasteiger charge is -2.61. The monoisotopic (exact) mass is 417 g/mol. The molecule has 9 atom stereocenters. The first kappa shape index (κ1) is 22.2. The molecule has 0 radical (unpaired) electrons. The van der Waals surface area contributed by atoms with Crippen molar-refractivity contribution in [2.45, 2.75) is 89.8 Å². The van der Waals surface area contributed by atoms with Gasteiger partial charge >= 0.3 is 0 Å². The number of aliphatic hydroxyl groups is 2. The minimum atomic E-state index is -1.43. The van der Waals surface area contributed by atoms with Crippen molar-refractivity contribution in [2.75, 3.05) is 13.7 Å². The van der Waals surface area contributed by atoms with Gasteiger partial charge in [0.25, 0.3) is 0 Å². The molecule has 0 amide bonds. The molecule has 0 heterocycles. The molecule has 0 saturated heterocycles. The predicted octanol–water partition coefficient (Wildman–Crippen LogP) is 3.87. The fourth-order valence-corrected chi connectivity index (χ4v) is 8.36. The number of carbonyl (C=O) groups is 1. The van der Waals surface area contributed by atoms with E-state index < -0.39 is 11.2 Å². The number of ether oxygens (including phenoxy) is 1. The second-order valence-electron chi connectivity index (χ2n) is 11.9. The van der Waals surface area contributed by atoms with Crippen LogP contribution in [-0.4, -0.2) is 40.9 Å². The lowest BCUT2D eigenvalue weighted by Crippen LogP contribution is -2.56. The number of nitrogens with zero attached hydrogens (tertiary/aromatic N) is 1. The topological polar surface area (TPSA) is 90.6 Å². The van der Waals surface area contributed by atoms with E-state index >= 15 is 0 Å². The zero-order valence-corrected chi connectivity index (χ0v) is 19.1. The van der Waals surface area contributed by atoms with Gasteiger partial charge in [0, 0.05) is 18.4 Å². The fourth-order valence-electron chi connectivity index (χ4n) is 8.36. The van der Waals surface area contributed by atoms with Gasteiger partial charge in [-0.05, 0) is 93.8 Å². The molecule has 0 aromatic rings. The summed E-state index contributed by atoms with van der Waals surface area (Å²) in [7, 11) is 1.67. The highest BCUT2D eigenvalue weighted by Crippen LogP contribution is 2.67. The molecule has 4 saturated carbocycles. The number of ketones is 1. The fraction of sp³-hybridized carbons (Fsp3) is 0.920. The molecule has 5 nitrogen and oxygen atoms in total. The number of hydrogen-bond acceptors (Lipinski definition) is 5. The van der Waals surface area contributed by atoms with Crippen LogP contribution in [-0.2, 0) is 9.53 Å².